The molecule has 0 aromatic heterocycles. The molecule has 0 saturated heterocycles. The molecule has 0 bridgehead atoms. The lowest BCUT2D eigenvalue weighted by Crippen LogP contribution is -2.46. The Labute approximate surface area is 104 Å². The van der Waals surface area contributed by atoms with Crippen LogP contribution in [-0.2, 0) is 4.74 Å². The SMILES string of the molecule is COCCN1C(N)=NCC1C1CCCCCC1. The number of nitrogens with two attached hydrogens (primary N) is 1. The number of guanidine groups is 1. The molecule has 17 heavy (non-hydrogen) atoms. The molecule has 0 spiro atoms. The van der Waals surface area contributed by atoms with E-state index in [0.29, 0.717) is 6.04 Å². The first-order chi connectivity index (χ1) is 8.33. The van der Waals surface area contributed by atoms with E-state index >= 15 is 0 Å². The van der Waals surface area contributed by atoms with Crippen molar-refractivity contribution in [3.8, 4) is 0 Å². The van der Waals surface area contributed by atoms with E-state index in [1.807, 2.05) is 0 Å². The first kappa shape index (κ1) is 12.7. The third kappa shape index (κ3) is 3.12. The highest BCUT2D eigenvalue weighted by atomic mass is 16.5. The highest BCUT2D eigenvalue weighted by Gasteiger charge is 2.32. The number of hydrogen-bond donors (Lipinski definition) is 1. The molecule has 98 valence electrons. The molecule has 0 radical (unpaired) electrons. The van der Waals surface area contributed by atoms with Crippen molar-refractivity contribution in [1.29, 1.82) is 0 Å². The lowest BCUT2D eigenvalue weighted by Gasteiger charge is -2.32. The maximum atomic E-state index is 5.98. The summed E-state index contributed by atoms with van der Waals surface area (Å²) in [5.74, 6) is 1.50. The summed E-state index contributed by atoms with van der Waals surface area (Å²) in [6, 6.07) is 0.531. The second-order valence-corrected chi connectivity index (χ2v) is 5.20. The van der Waals surface area contributed by atoms with E-state index in [1.54, 1.807) is 7.11 Å². The van der Waals surface area contributed by atoms with Crippen LogP contribution in [0.2, 0.25) is 0 Å². The van der Waals surface area contributed by atoms with Gasteiger partial charge in [-0.1, -0.05) is 25.7 Å². The fourth-order valence-electron chi connectivity index (χ4n) is 3.12. The molecule has 1 aliphatic heterocycles. The maximum Gasteiger partial charge on any atom is 0.191 e. The summed E-state index contributed by atoms with van der Waals surface area (Å²) in [6.45, 7) is 2.51. The molecule has 1 atom stereocenters. The first-order valence-electron chi connectivity index (χ1n) is 6.88. The van der Waals surface area contributed by atoms with Crippen molar-refractivity contribution in [3.05, 3.63) is 0 Å². The lowest BCUT2D eigenvalue weighted by molar-refractivity contribution is 0.147. The zero-order chi connectivity index (χ0) is 12.1. The Morgan fingerprint density at radius 1 is 1.29 bits per heavy atom. The fraction of sp³-hybridized carbons (Fsp3) is 0.923. The Hall–Kier alpha value is -0.770. The number of aliphatic imine (C=N–C) groups is 1. The summed E-state index contributed by atoms with van der Waals surface area (Å²) >= 11 is 0. The first-order valence-corrected chi connectivity index (χ1v) is 6.88. The van der Waals surface area contributed by atoms with Gasteiger partial charge >= 0.3 is 0 Å². The van der Waals surface area contributed by atoms with E-state index in [-0.39, 0.29) is 0 Å². The quantitative estimate of drug-likeness (QED) is 0.758. The molecule has 1 unspecified atom stereocenters. The van der Waals surface area contributed by atoms with Crippen LogP contribution in [0.1, 0.15) is 38.5 Å². The topological polar surface area (TPSA) is 50.9 Å². The molecule has 2 N–H and O–H groups in total. The largest absolute Gasteiger partial charge is 0.383 e. The molecule has 1 heterocycles. The monoisotopic (exact) mass is 239 g/mol. The van der Waals surface area contributed by atoms with E-state index in [1.165, 1.54) is 38.5 Å². The third-order valence-corrected chi connectivity index (χ3v) is 4.12. The van der Waals surface area contributed by atoms with Gasteiger partial charge in [0.15, 0.2) is 5.96 Å². The van der Waals surface area contributed by atoms with Crippen molar-refractivity contribution in [2.75, 3.05) is 26.8 Å². The van der Waals surface area contributed by atoms with E-state index in [2.05, 4.69) is 9.89 Å². The maximum absolute atomic E-state index is 5.98. The molecule has 2 aliphatic rings. The second kappa shape index (κ2) is 6.24. The average Bonchev–Trinajstić information content (AvgIpc) is 2.57. The molecule has 1 saturated carbocycles. The zero-order valence-corrected chi connectivity index (χ0v) is 10.9. The number of methoxy groups -OCH3 is 1. The van der Waals surface area contributed by atoms with Crippen molar-refractivity contribution < 1.29 is 4.74 Å². The number of nitrogens with zero attached hydrogens (tertiary/aromatic N) is 2. The molecule has 4 heteroatoms. The van der Waals surface area contributed by atoms with Crippen LogP contribution in [-0.4, -0.2) is 43.7 Å². The summed E-state index contributed by atoms with van der Waals surface area (Å²) in [5, 5.41) is 0. The number of ether oxygens (including phenoxy) is 1. The van der Waals surface area contributed by atoms with Crippen molar-refractivity contribution in [1.82, 2.24) is 4.90 Å². The number of rotatable bonds is 4. The molecule has 1 aliphatic carbocycles. The minimum absolute atomic E-state index is 0.531. The Morgan fingerprint density at radius 3 is 2.65 bits per heavy atom. The molecule has 2 rings (SSSR count). The van der Waals surface area contributed by atoms with Gasteiger partial charge in [-0.25, -0.2) is 0 Å². The normalized spacial score (nSPS) is 27.0. The van der Waals surface area contributed by atoms with E-state index in [0.717, 1.165) is 31.6 Å². The van der Waals surface area contributed by atoms with E-state index in [9.17, 15) is 0 Å². The van der Waals surface area contributed by atoms with Crippen LogP contribution < -0.4 is 5.73 Å². The highest BCUT2D eigenvalue weighted by Crippen LogP contribution is 2.30. The van der Waals surface area contributed by atoms with Crippen LogP contribution in [0.15, 0.2) is 4.99 Å². The predicted octanol–water partition coefficient (Wildman–Crippen LogP) is 1.60. The highest BCUT2D eigenvalue weighted by molar-refractivity contribution is 5.80. The van der Waals surface area contributed by atoms with Gasteiger partial charge in [0.2, 0.25) is 0 Å². The van der Waals surface area contributed by atoms with Gasteiger partial charge in [-0.15, -0.1) is 0 Å². The Kier molecular flexibility index (Phi) is 4.66. The summed E-state index contributed by atoms with van der Waals surface area (Å²) in [5.41, 5.74) is 5.98. The second-order valence-electron chi connectivity index (χ2n) is 5.20. The lowest BCUT2D eigenvalue weighted by atomic mass is 9.91. The molecule has 0 aromatic rings. The Morgan fingerprint density at radius 2 is 2.00 bits per heavy atom. The van der Waals surface area contributed by atoms with Crippen molar-refractivity contribution >= 4 is 5.96 Å². The molecular formula is C13H25N3O. The molecule has 0 amide bonds. The summed E-state index contributed by atoms with van der Waals surface area (Å²) in [6.07, 6.45) is 8.24. The summed E-state index contributed by atoms with van der Waals surface area (Å²) in [7, 11) is 1.74. The van der Waals surface area contributed by atoms with Gasteiger partial charge < -0.3 is 15.4 Å². The molecule has 1 fully saturated rings. The van der Waals surface area contributed by atoms with Crippen molar-refractivity contribution in [2.24, 2.45) is 16.6 Å². The fourth-order valence-corrected chi connectivity index (χ4v) is 3.12. The Balaban J connectivity index is 1.94. The smallest absolute Gasteiger partial charge is 0.191 e. The average molecular weight is 239 g/mol. The Bertz CT molecular complexity index is 259. The summed E-state index contributed by atoms with van der Waals surface area (Å²) < 4.78 is 5.16. The van der Waals surface area contributed by atoms with Crippen molar-refractivity contribution in [2.45, 2.75) is 44.6 Å². The van der Waals surface area contributed by atoms with Gasteiger partial charge in [0.25, 0.3) is 0 Å². The zero-order valence-electron chi connectivity index (χ0n) is 10.9. The van der Waals surface area contributed by atoms with Gasteiger partial charge in [0.1, 0.15) is 0 Å². The van der Waals surface area contributed by atoms with Gasteiger partial charge in [-0.05, 0) is 18.8 Å². The molecule has 4 nitrogen and oxygen atoms in total. The van der Waals surface area contributed by atoms with Gasteiger partial charge in [0, 0.05) is 13.7 Å². The van der Waals surface area contributed by atoms with Gasteiger partial charge in [-0.2, -0.15) is 0 Å². The molecular weight excluding hydrogens is 214 g/mol. The van der Waals surface area contributed by atoms with Crippen molar-refractivity contribution in [3.63, 3.8) is 0 Å². The predicted molar refractivity (Wildman–Crippen MR) is 70.1 cm³/mol. The van der Waals surface area contributed by atoms with E-state index in [4.69, 9.17) is 10.5 Å². The van der Waals surface area contributed by atoms with Crippen LogP contribution in [0.5, 0.6) is 0 Å². The number of hydrogen-bond acceptors (Lipinski definition) is 4. The minimum atomic E-state index is 0.531. The van der Waals surface area contributed by atoms with Crippen LogP contribution in [0.3, 0.4) is 0 Å². The standard InChI is InChI=1S/C13H25N3O/c1-17-9-8-16-12(10-15-13(16)14)11-6-4-2-3-5-7-11/h11-12H,2-10H2,1H3,(H2,14,15). The summed E-state index contributed by atoms with van der Waals surface area (Å²) in [4.78, 5) is 6.69. The third-order valence-electron chi connectivity index (χ3n) is 4.12. The minimum Gasteiger partial charge on any atom is -0.383 e. The van der Waals surface area contributed by atoms with Crippen LogP contribution >= 0.6 is 0 Å². The van der Waals surface area contributed by atoms with Crippen LogP contribution in [0.25, 0.3) is 0 Å². The van der Waals surface area contributed by atoms with E-state index < -0.39 is 0 Å². The van der Waals surface area contributed by atoms with Crippen LogP contribution in [0, 0.1) is 5.92 Å². The van der Waals surface area contributed by atoms with Gasteiger partial charge in [-0.3, -0.25) is 4.99 Å². The molecule has 0 aromatic carbocycles. The van der Waals surface area contributed by atoms with Crippen LogP contribution in [0.4, 0.5) is 0 Å². The van der Waals surface area contributed by atoms with Gasteiger partial charge in [0.05, 0.1) is 19.2 Å².